The lowest BCUT2D eigenvalue weighted by Crippen LogP contribution is -2.10. The standard InChI is InChI=1S/C11H6BrF3N2O2S/c1-5-2-8(11(13,14)15)17-10(16-5)20-9-7(12)3-6(4-18)19-9/h2-4H,1H3. The molecule has 9 heteroatoms. The molecule has 2 aromatic rings. The summed E-state index contributed by atoms with van der Waals surface area (Å²) < 4.78 is 43.5. The summed E-state index contributed by atoms with van der Waals surface area (Å²) in [4.78, 5) is 17.9. The highest BCUT2D eigenvalue weighted by molar-refractivity contribution is 9.10. The number of halogens is 4. The highest BCUT2D eigenvalue weighted by Gasteiger charge is 2.33. The maximum absolute atomic E-state index is 12.6. The Kier molecular flexibility index (Phi) is 4.19. The van der Waals surface area contributed by atoms with Gasteiger partial charge in [-0.2, -0.15) is 13.2 Å². The molecule has 0 saturated heterocycles. The van der Waals surface area contributed by atoms with E-state index in [-0.39, 0.29) is 21.7 Å². The monoisotopic (exact) mass is 366 g/mol. The lowest BCUT2D eigenvalue weighted by atomic mass is 10.3. The van der Waals surface area contributed by atoms with Gasteiger partial charge in [0.2, 0.25) is 0 Å². The van der Waals surface area contributed by atoms with Crippen LogP contribution in [0.4, 0.5) is 13.2 Å². The van der Waals surface area contributed by atoms with Crippen LogP contribution in [0.5, 0.6) is 0 Å². The van der Waals surface area contributed by atoms with Gasteiger partial charge in [-0.3, -0.25) is 4.79 Å². The number of carbonyl (C=O) groups is 1. The third-order valence-corrected chi connectivity index (χ3v) is 3.80. The molecule has 106 valence electrons. The van der Waals surface area contributed by atoms with Crippen LogP contribution < -0.4 is 0 Å². The Labute approximate surface area is 123 Å². The van der Waals surface area contributed by atoms with Crippen molar-refractivity contribution >= 4 is 34.0 Å². The second kappa shape index (κ2) is 5.57. The van der Waals surface area contributed by atoms with Crippen LogP contribution in [0, 0.1) is 6.92 Å². The van der Waals surface area contributed by atoms with Crippen LogP contribution in [0.15, 0.2) is 31.3 Å². The molecule has 0 aliphatic rings. The number of carbonyl (C=O) groups excluding carboxylic acids is 1. The number of hydrogen-bond donors (Lipinski definition) is 0. The average molecular weight is 367 g/mol. The highest BCUT2D eigenvalue weighted by atomic mass is 79.9. The summed E-state index contributed by atoms with van der Waals surface area (Å²) in [6.45, 7) is 1.44. The third kappa shape index (κ3) is 3.40. The van der Waals surface area contributed by atoms with Crippen LogP contribution in [-0.2, 0) is 6.18 Å². The summed E-state index contributed by atoms with van der Waals surface area (Å²) in [5.41, 5.74) is -0.834. The smallest absolute Gasteiger partial charge is 0.433 e. The van der Waals surface area contributed by atoms with Crippen LogP contribution >= 0.6 is 27.7 Å². The van der Waals surface area contributed by atoms with Crippen LogP contribution in [0.2, 0.25) is 0 Å². The molecular formula is C11H6BrF3N2O2S. The molecule has 0 atom stereocenters. The molecule has 0 fully saturated rings. The maximum Gasteiger partial charge on any atom is 0.433 e. The van der Waals surface area contributed by atoms with Gasteiger partial charge in [-0.05, 0) is 40.7 Å². The van der Waals surface area contributed by atoms with E-state index in [1.54, 1.807) is 0 Å². The molecule has 0 amide bonds. The van der Waals surface area contributed by atoms with E-state index in [0.29, 0.717) is 10.8 Å². The first-order valence-corrected chi connectivity index (χ1v) is 6.76. The van der Waals surface area contributed by atoms with Gasteiger partial charge >= 0.3 is 6.18 Å². The first-order valence-electron chi connectivity index (χ1n) is 5.15. The summed E-state index contributed by atoms with van der Waals surface area (Å²) >= 11 is 3.94. The quantitative estimate of drug-likeness (QED) is 0.603. The van der Waals surface area contributed by atoms with E-state index in [9.17, 15) is 18.0 Å². The summed E-state index contributed by atoms with van der Waals surface area (Å²) in [6, 6.07) is 2.27. The van der Waals surface area contributed by atoms with E-state index in [4.69, 9.17) is 4.42 Å². The van der Waals surface area contributed by atoms with Gasteiger partial charge in [0.15, 0.2) is 22.3 Å². The Morgan fingerprint density at radius 2 is 2.05 bits per heavy atom. The van der Waals surface area contributed by atoms with E-state index in [1.165, 1.54) is 13.0 Å². The van der Waals surface area contributed by atoms with E-state index >= 15 is 0 Å². The molecule has 20 heavy (non-hydrogen) atoms. The lowest BCUT2D eigenvalue weighted by Gasteiger charge is -2.07. The van der Waals surface area contributed by atoms with Crippen molar-refractivity contribution in [1.29, 1.82) is 0 Å². The molecule has 0 saturated carbocycles. The zero-order chi connectivity index (χ0) is 14.9. The Morgan fingerprint density at radius 1 is 1.35 bits per heavy atom. The van der Waals surface area contributed by atoms with Gasteiger partial charge in [-0.1, -0.05) is 0 Å². The second-order valence-electron chi connectivity index (χ2n) is 3.68. The Bertz CT molecular complexity index is 658. The van der Waals surface area contributed by atoms with Gasteiger partial charge in [0.25, 0.3) is 0 Å². The van der Waals surface area contributed by atoms with Gasteiger partial charge in [0, 0.05) is 11.8 Å². The molecule has 0 aliphatic heterocycles. The van der Waals surface area contributed by atoms with Gasteiger partial charge in [0.1, 0.15) is 5.69 Å². The number of furan rings is 1. The second-order valence-corrected chi connectivity index (χ2v) is 5.47. The van der Waals surface area contributed by atoms with E-state index in [0.717, 1.165) is 17.8 Å². The SMILES string of the molecule is Cc1cc(C(F)(F)F)nc(Sc2oc(C=O)cc2Br)n1. The minimum absolute atomic E-state index is 0.0584. The fourth-order valence-electron chi connectivity index (χ4n) is 1.31. The number of aromatic nitrogens is 2. The topological polar surface area (TPSA) is 56.0 Å². The molecule has 2 rings (SSSR count). The van der Waals surface area contributed by atoms with E-state index in [1.807, 2.05) is 0 Å². The zero-order valence-electron chi connectivity index (χ0n) is 9.86. The molecule has 2 aromatic heterocycles. The van der Waals surface area contributed by atoms with Crippen LogP contribution in [0.3, 0.4) is 0 Å². The maximum atomic E-state index is 12.6. The predicted octanol–water partition coefficient (Wildman–Crippen LogP) is 4.12. The van der Waals surface area contributed by atoms with Crippen LogP contribution in [-0.4, -0.2) is 16.3 Å². The van der Waals surface area contributed by atoms with Crippen molar-refractivity contribution in [2.24, 2.45) is 0 Å². The minimum atomic E-state index is -4.54. The van der Waals surface area contributed by atoms with Crippen LogP contribution in [0.1, 0.15) is 21.9 Å². The Morgan fingerprint density at radius 3 is 2.60 bits per heavy atom. The molecule has 0 aliphatic carbocycles. The number of nitrogens with zero attached hydrogens (tertiary/aromatic N) is 2. The number of alkyl halides is 3. The fourth-order valence-corrected chi connectivity index (χ4v) is 2.65. The number of aldehydes is 1. The summed E-state index contributed by atoms with van der Waals surface area (Å²) in [5.74, 6) is 0.0584. The zero-order valence-corrected chi connectivity index (χ0v) is 12.3. The summed E-state index contributed by atoms with van der Waals surface area (Å²) in [7, 11) is 0. The van der Waals surface area contributed by atoms with Crippen molar-refractivity contribution in [1.82, 2.24) is 9.97 Å². The first kappa shape index (κ1) is 15.0. The molecule has 0 spiro atoms. The molecule has 0 N–H and O–H groups in total. The van der Waals surface area contributed by atoms with Crippen molar-refractivity contribution in [2.45, 2.75) is 23.3 Å². The Balaban J connectivity index is 2.36. The first-order chi connectivity index (χ1) is 9.29. The van der Waals surface area contributed by atoms with Crippen molar-refractivity contribution < 1.29 is 22.4 Å². The van der Waals surface area contributed by atoms with Gasteiger partial charge in [0.05, 0.1) is 4.47 Å². The van der Waals surface area contributed by atoms with E-state index in [2.05, 4.69) is 25.9 Å². The molecular weight excluding hydrogens is 361 g/mol. The largest absolute Gasteiger partial charge is 0.445 e. The lowest BCUT2D eigenvalue weighted by molar-refractivity contribution is -0.141. The third-order valence-electron chi connectivity index (χ3n) is 2.10. The molecule has 0 unspecified atom stereocenters. The fraction of sp³-hybridized carbons (Fsp3) is 0.182. The predicted molar refractivity (Wildman–Crippen MR) is 67.7 cm³/mol. The molecule has 2 heterocycles. The van der Waals surface area contributed by atoms with E-state index < -0.39 is 11.9 Å². The normalized spacial score (nSPS) is 11.7. The molecule has 0 aromatic carbocycles. The average Bonchev–Trinajstić information content (AvgIpc) is 2.68. The molecule has 4 nitrogen and oxygen atoms in total. The number of rotatable bonds is 3. The number of aryl methyl sites for hydroxylation is 1. The number of hydrogen-bond acceptors (Lipinski definition) is 5. The van der Waals surface area contributed by atoms with Crippen molar-refractivity contribution in [3.63, 3.8) is 0 Å². The van der Waals surface area contributed by atoms with Gasteiger partial charge < -0.3 is 4.42 Å². The summed E-state index contributed by atoms with van der Waals surface area (Å²) in [5, 5.41) is 0.107. The van der Waals surface area contributed by atoms with Gasteiger partial charge in [-0.25, -0.2) is 9.97 Å². The van der Waals surface area contributed by atoms with Gasteiger partial charge in [-0.15, -0.1) is 0 Å². The van der Waals surface area contributed by atoms with Crippen molar-refractivity contribution in [2.75, 3.05) is 0 Å². The Hall–Kier alpha value is -1.35. The molecule has 0 radical (unpaired) electrons. The summed E-state index contributed by atoms with van der Waals surface area (Å²) in [6.07, 6.45) is -4.05. The molecule has 0 bridgehead atoms. The van der Waals surface area contributed by atoms with Crippen molar-refractivity contribution in [3.8, 4) is 0 Å². The van der Waals surface area contributed by atoms with Crippen LogP contribution in [0.25, 0.3) is 0 Å². The minimum Gasteiger partial charge on any atom is -0.445 e. The highest BCUT2D eigenvalue weighted by Crippen LogP contribution is 2.35. The van der Waals surface area contributed by atoms with Crippen molar-refractivity contribution in [3.05, 3.63) is 33.8 Å².